The van der Waals surface area contributed by atoms with E-state index in [1.807, 2.05) is 19.1 Å². The van der Waals surface area contributed by atoms with Crippen LogP contribution in [0.25, 0.3) is 11.1 Å². The van der Waals surface area contributed by atoms with E-state index in [2.05, 4.69) is 11.8 Å². The SMILES string of the molecule is CC#CC1CCC(c2ccc(-c3cc(F)c(C(F)(F)F)c(F)c3)cc2)CC1. The normalized spacial score (nSPS) is 20.1. The number of hydrogen-bond acceptors (Lipinski definition) is 0. The van der Waals surface area contributed by atoms with Crippen LogP contribution in [0.4, 0.5) is 22.0 Å². The van der Waals surface area contributed by atoms with Crippen molar-refractivity contribution in [2.75, 3.05) is 0 Å². The highest BCUT2D eigenvalue weighted by molar-refractivity contribution is 5.64. The number of hydrogen-bond donors (Lipinski definition) is 0. The summed E-state index contributed by atoms with van der Waals surface area (Å²) in [5.41, 5.74) is -0.147. The van der Waals surface area contributed by atoms with E-state index in [1.54, 1.807) is 12.1 Å². The molecule has 0 amide bonds. The molecule has 1 fully saturated rings. The second-order valence-corrected chi connectivity index (χ2v) is 6.88. The minimum atomic E-state index is -5.06. The quantitative estimate of drug-likeness (QED) is 0.392. The molecule has 142 valence electrons. The van der Waals surface area contributed by atoms with Crippen LogP contribution in [0.1, 0.15) is 49.7 Å². The van der Waals surface area contributed by atoms with Gasteiger partial charge in [-0.1, -0.05) is 24.3 Å². The lowest BCUT2D eigenvalue weighted by molar-refractivity contribution is -0.142. The van der Waals surface area contributed by atoms with Gasteiger partial charge in [-0.05, 0) is 67.3 Å². The van der Waals surface area contributed by atoms with E-state index in [0.717, 1.165) is 43.4 Å². The van der Waals surface area contributed by atoms with E-state index < -0.39 is 23.4 Å². The van der Waals surface area contributed by atoms with E-state index in [-0.39, 0.29) is 5.56 Å². The molecule has 0 N–H and O–H groups in total. The molecule has 0 nitrogen and oxygen atoms in total. The highest BCUT2D eigenvalue weighted by atomic mass is 19.4. The molecule has 0 atom stereocenters. The minimum absolute atomic E-state index is 0.0893. The number of rotatable bonds is 2. The topological polar surface area (TPSA) is 0 Å². The van der Waals surface area contributed by atoms with Crippen LogP contribution in [0.15, 0.2) is 36.4 Å². The van der Waals surface area contributed by atoms with E-state index in [4.69, 9.17) is 0 Å². The van der Waals surface area contributed by atoms with Crippen molar-refractivity contribution in [3.8, 4) is 23.0 Å². The summed E-state index contributed by atoms with van der Waals surface area (Å²) in [4.78, 5) is 0. The van der Waals surface area contributed by atoms with Crippen LogP contribution in [0.3, 0.4) is 0 Å². The maximum Gasteiger partial charge on any atom is 0.422 e. The molecule has 0 saturated heterocycles. The molecule has 2 aromatic carbocycles. The molecular formula is C22H19F5. The highest BCUT2D eigenvalue weighted by Gasteiger charge is 2.38. The lowest BCUT2D eigenvalue weighted by atomic mass is 9.79. The first-order valence-electron chi connectivity index (χ1n) is 8.88. The first kappa shape index (κ1) is 19.4. The van der Waals surface area contributed by atoms with Crippen molar-refractivity contribution in [3.05, 3.63) is 59.2 Å². The van der Waals surface area contributed by atoms with Gasteiger partial charge in [0.15, 0.2) is 0 Å². The monoisotopic (exact) mass is 378 g/mol. The average molecular weight is 378 g/mol. The molecule has 0 radical (unpaired) electrons. The molecule has 0 heterocycles. The zero-order valence-corrected chi connectivity index (χ0v) is 14.8. The van der Waals surface area contributed by atoms with E-state index in [0.29, 0.717) is 17.4 Å². The van der Waals surface area contributed by atoms with Crippen LogP contribution >= 0.6 is 0 Å². The van der Waals surface area contributed by atoms with Gasteiger partial charge in [-0.15, -0.1) is 11.8 Å². The molecule has 1 aliphatic rings. The lowest BCUT2D eigenvalue weighted by Gasteiger charge is -2.26. The number of halogens is 5. The summed E-state index contributed by atoms with van der Waals surface area (Å²) in [6.45, 7) is 1.84. The summed E-state index contributed by atoms with van der Waals surface area (Å²) in [6, 6.07) is 8.65. The first-order chi connectivity index (χ1) is 12.8. The fraction of sp³-hybridized carbons (Fsp3) is 0.364. The van der Waals surface area contributed by atoms with Gasteiger partial charge in [0.1, 0.15) is 17.2 Å². The largest absolute Gasteiger partial charge is 0.422 e. The van der Waals surface area contributed by atoms with Crippen molar-refractivity contribution in [1.82, 2.24) is 0 Å². The Balaban J connectivity index is 1.79. The van der Waals surface area contributed by atoms with Crippen molar-refractivity contribution in [1.29, 1.82) is 0 Å². The predicted octanol–water partition coefficient (Wildman–Crippen LogP) is 6.95. The highest BCUT2D eigenvalue weighted by Crippen LogP contribution is 2.38. The second kappa shape index (κ2) is 7.72. The molecule has 2 aromatic rings. The number of benzene rings is 2. The summed E-state index contributed by atoms with van der Waals surface area (Å²) in [5.74, 6) is 3.83. The maximum absolute atomic E-state index is 13.8. The minimum Gasteiger partial charge on any atom is -0.206 e. The molecule has 1 aliphatic carbocycles. The Morgan fingerprint density at radius 1 is 0.852 bits per heavy atom. The molecule has 3 rings (SSSR count). The maximum atomic E-state index is 13.8. The van der Waals surface area contributed by atoms with Crippen LogP contribution in [-0.2, 0) is 6.18 Å². The Bertz CT molecular complexity index is 837. The number of alkyl halides is 3. The Morgan fingerprint density at radius 3 is 1.89 bits per heavy atom. The molecule has 1 saturated carbocycles. The molecular weight excluding hydrogens is 359 g/mol. The van der Waals surface area contributed by atoms with Crippen molar-refractivity contribution in [2.24, 2.45) is 5.92 Å². The van der Waals surface area contributed by atoms with Crippen LogP contribution in [0.2, 0.25) is 0 Å². The fourth-order valence-electron chi connectivity index (χ4n) is 3.73. The Kier molecular flexibility index (Phi) is 5.55. The van der Waals surface area contributed by atoms with E-state index in [9.17, 15) is 22.0 Å². The van der Waals surface area contributed by atoms with Gasteiger partial charge in [-0.2, -0.15) is 13.2 Å². The van der Waals surface area contributed by atoms with Gasteiger partial charge < -0.3 is 0 Å². The molecule has 0 unspecified atom stereocenters. The zero-order valence-electron chi connectivity index (χ0n) is 14.8. The van der Waals surface area contributed by atoms with Crippen LogP contribution < -0.4 is 0 Å². The third-order valence-corrected chi connectivity index (χ3v) is 5.12. The predicted molar refractivity (Wildman–Crippen MR) is 94.9 cm³/mol. The van der Waals surface area contributed by atoms with Crippen molar-refractivity contribution in [3.63, 3.8) is 0 Å². The van der Waals surface area contributed by atoms with Crippen LogP contribution in [0, 0.1) is 29.4 Å². The zero-order chi connectivity index (χ0) is 19.6. The Hall–Kier alpha value is -2.35. The summed E-state index contributed by atoms with van der Waals surface area (Å²) >= 11 is 0. The molecule has 27 heavy (non-hydrogen) atoms. The molecule has 0 aromatic heterocycles. The van der Waals surface area contributed by atoms with Gasteiger partial charge in [0.25, 0.3) is 0 Å². The van der Waals surface area contributed by atoms with Gasteiger partial charge in [0.05, 0.1) is 0 Å². The van der Waals surface area contributed by atoms with Crippen molar-refractivity contribution >= 4 is 0 Å². The summed E-state index contributed by atoms with van der Waals surface area (Å²) in [6.07, 6.45) is -0.910. The van der Waals surface area contributed by atoms with Gasteiger partial charge in [-0.25, -0.2) is 8.78 Å². The lowest BCUT2D eigenvalue weighted by Crippen LogP contribution is -2.12. The van der Waals surface area contributed by atoms with Crippen molar-refractivity contribution in [2.45, 2.75) is 44.7 Å². The molecule has 5 heteroatoms. The van der Waals surface area contributed by atoms with E-state index in [1.165, 1.54) is 0 Å². The van der Waals surface area contributed by atoms with Crippen molar-refractivity contribution < 1.29 is 22.0 Å². The molecule has 0 spiro atoms. The van der Waals surface area contributed by atoms with E-state index >= 15 is 0 Å². The summed E-state index contributed by atoms with van der Waals surface area (Å²) in [5, 5.41) is 0. The first-order valence-corrected chi connectivity index (χ1v) is 8.88. The van der Waals surface area contributed by atoms with Gasteiger partial charge in [0, 0.05) is 5.92 Å². The molecule has 0 aliphatic heterocycles. The van der Waals surface area contributed by atoms with Gasteiger partial charge in [0.2, 0.25) is 0 Å². The average Bonchev–Trinajstić information content (AvgIpc) is 2.61. The third-order valence-electron chi connectivity index (χ3n) is 5.12. The van der Waals surface area contributed by atoms with Gasteiger partial charge >= 0.3 is 6.18 Å². The summed E-state index contributed by atoms with van der Waals surface area (Å²) < 4.78 is 65.7. The molecule has 0 bridgehead atoms. The smallest absolute Gasteiger partial charge is 0.206 e. The van der Waals surface area contributed by atoms with Gasteiger partial charge in [-0.3, -0.25) is 0 Å². The fourth-order valence-corrected chi connectivity index (χ4v) is 3.73. The van der Waals surface area contributed by atoms with Crippen LogP contribution in [-0.4, -0.2) is 0 Å². The Labute approximate surface area is 155 Å². The Morgan fingerprint density at radius 2 is 1.41 bits per heavy atom. The third kappa shape index (κ3) is 4.32. The van der Waals surface area contributed by atoms with Crippen LogP contribution in [0.5, 0.6) is 0 Å². The standard InChI is InChI=1S/C22H19F5/c1-2-3-14-4-6-15(7-5-14)16-8-10-17(11-9-16)18-12-19(23)21(20(24)13-18)22(25,26)27/h8-15H,4-7H2,1H3. The summed E-state index contributed by atoms with van der Waals surface area (Å²) in [7, 11) is 0. The second-order valence-electron chi connectivity index (χ2n) is 6.88.